The van der Waals surface area contributed by atoms with E-state index in [4.69, 9.17) is 28.4 Å². The molecule has 0 saturated carbocycles. The molecule has 0 bridgehead atoms. The average molecular weight is 1110 g/mol. The summed E-state index contributed by atoms with van der Waals surface area (Å²) in [4.78, 5) is 38.7. The zero-order valence-electron chi connectivity index (χ0n) is 53.6. The van der Waals surface area contributed by atoms with E-state index in [1.54, 1.807) is 0 Å². The molecule has 0 aliphatic carbocycles. The third-order valence-electron chi connectivity index (χ3n) is 15.3. The number of esters is 3. The molecule has 0 fully saturated rings. The maximum atomic E-state index is 13.0. The summed E-state index contributed by atoms with van der Waals surface area (Å²) >= 11 is 0. The van der Waals surface area contributed by atoms with Gasteiger partial charge in [0.15, 0.2) is 6.10 Å². The molecule has 9 heteroatoms. The van der Waals surface area contributed by atoms with Crippen molar-refractivity contribution in [2.24, 2.45) is 17.8 Å². The van der Waals surface area contributed by atoms with Gasteiger partial charge >= 0.3 is 17.9 Å². The van der Waals surface area contributed by atoms with E-state index in [0.29, 0.717) is 55.3 Å². The van der Waals surface area contributed by atoms with Gasteiger partial charge in [0.1, 0.15) is 13.2 Å². The van der Waals surface area contributed by atoms with Crippen LogP contribution in [0.15, 0.2) is 0 Å². The van der Waals surface area contributed by atoms with Crippen LogP contribution in [-0.4, -0.2) is 75.4 Å². The van der Waals surface area contributed by atoms with E-state index < -0.39 is 6.10 Å². The number of unbranched alkanes of at least 4 members (excludes halogenated alkanes) is 30. The van der Waals surface area contributed by atoms with Gasteiger partial charge in [-0.05, 0) is 75.5 Å². The number of carbonyl (C=O) groups excluding carboxylic acids is 3. The molecule has 9 nitrogen and oxygen atoms in total. The normalized spacial score (nSPS) is 13.4. The van der Waals surface area contributed by atoms with Crippen LogP contribution in [0.1, 0.15) is 351 Å². The largest absolute Gasteiger partial charge is 0.462 e. The van der Waals surface area contributed by atoms with Crippen LogP contribution in [0.25, 0.3) is 0 Å². The fraction of sp³-hybridized carbons (Fsp3) is 0.957. The maximum absolute atomic E-state index is 13.0. The Morgan fingerprint density at radius 2 is 0.474 bits per heavy atom. The molecule has 0 aliphatic rings. The molecule has 0 amide bonds. The molecule has 0 aromatic heterocycles. The third kappa shape index (κ3) is 56.2. The van der Waals surface area contributed by atoms with Crippen molar-refractivity contribution in [2.45, 2.75) is 376 Å². The van der Waals surface area contributed by atoms with E-state index in [1.807, 2.05) is 0 Å². The Labute approximate surface area is 485 Å². The Kier molecular flexibility index (Phi) is 57.2. The van der Waals surface area contributed by atoms with Gasteiger partial charge in [-0.1, -0.05) is 274 Å². The summed E-state index contributed by atoms with van der Waals surface area (Å²) < 4.78 is 35.9. The molecule has 0 radical (unpaired) electrons. The minimum atomic E-state index is -0.798. The summed E-state index contributed by atoms with van der Waals surface area (Å²) in [6.45, 7) is 22.6. The highest BCUT2D eigenvalue weighted by Gasteiger charge is 2.20. The van der Waals surface area contributed by atoms with Crippen LogP contribution in [0.3, 0.4) is 0 Å². The van der Waals surface area contributed by atoms with Crippen molar-refractivity contribution in [3.8, 4) is 0 Å². The fourth-order valence-corrected chi connectivity index (χ4v) is 10.3. The van der Waals surface area contributed by atoms with Crippen LogP contribution in [0.4, 0.5) is 0 Å². The summed E-state index contributed by atoms with van der Waals surface area (Å²) in [6, 6.07) is 0. The molecule has 0 aromatic rings. The first-order valence-corrected chi connectivity index (χ1v) is 34.2. The van der Waals surface area contributed by atoms with E-state index in [-0.39, 0.29) is 31.1 Å². The van der Waals surface area contributed by atoms with E-state index in [2.05, 4.69) is 62.3 Å². The van der Waals surface area contributed by atoms with Gasteiger partial charge in [-0.25, -0.2) is 0 Å². The van der Waals surface area contributed by atoms with Crippen LogP contribution in [-0.2, 0) is 42.8 Å². The zero-order chi connectivity index (χ0) is 57.4. The second kappa shape index (κ2) is 58.5. The van der Waals surface area contributed by atoms with Crippen molar-refractivity contribution in [3.05, 3.63) is 0 Å². The maximum Gasteiger partial charge on any atom is 0.306 e. The summed E-state index contributed by atoms with van der Waals surface area (Å²) in [6.07, 6.45) is 51.2. The quantitative estimate of drug-likeness (QED) is 0.0334. The predicted octanol–water partition coefficient (Wildman–Crippen LogP) is 20.7. The molecule has 464 valence electrons. The Morgan fingerprint density at radius 3 is 0.718 bits per heavy atom. The number of carbonyl (C=O) groups is 3. The summed E-state index contributed by atoms with van der Waals surface area (Å²) in [7, 11) is 0. The average Bonchev–Trinajstić information content (AvgIpc) is 3.41. The van der Waals surface area contributed by atoms with E-state index in [1.165, 1.54) is 212 Å². The van der Waals surface area contributed by atoms with Gasteiger partial charge < -0.3 is 28.4 Å². The smallest absolute Gasteiger partial charge is 0.306 e. The first-order chi connectivity index (χ1) is 37.9. The molecule has 3 atom stereocenters. The van der Waals surface area contributed by atoms with Crippen molar-refractivity contribution >= 4 is 17.9 Å². The Hall–Kier alpha value is -1.71. The van der Waals surface area contributed by atoms with Gasteiger partial charge in [0.05, 0.1) is 18.3 Å². The van der Waals surface area contributed by atoms with Crippen LogP contribution in [0, 0.1) is 17.8 Å². The number of hydrogen-bond acceptors (Lipinski definition) is 9. The minimum Gasteiger partial charge on any atom is -0.462 e. The van der Waals surface area contributed by atoms with Gasteiger partial charge in [-0.15, -0.1) is 0 Å². The van der Waals surface area contributed by atoms with Gasteiger partial charge in [0.2, 0.25) is 0 Å². The standard InChI is InChI=1S/C69H134O9/c1-10-13-16-37-46-63(73-55-60(4)5)49-40-31-25-19-22-28-34-43-52-67(70)76-58-66(78-69(72)54-45-36-30-24-21-27-33-42-51-65(75-57-62(8)9)48-39-18-15-12-3)59-77-68(71)53-44-35-29-23-20-26-32-41-50-64(74-56-61(6)7)47-38-17-14-11-2/h60-66H,10-59H2,1-9H3. The summed E-state index contributed by atoms with van der Waals surface area (Å²) in [5.41, 5.74) is 0. The number of ether oxygens (including phenoxy) is 6. The topological polar surface area (TPSA) is 107 Å². The molecule has 0 spiro atoms. The Bertz CT molecular complexity index is 1210. The fourth-order valence-electron chi connectivity index (χ4n) is 10.3. The van der Waals surface area contributed by atoms with E-state index in [0.717, 1.165) is 77.6 Å². The van der Waals surface area contributed by atoms with Crippen molar-refractivity contribution in [1.82, 2.24) is 0 Å². The van der Waals surface area contributed by atoms with Crippen LogP contribution >= 0.6 is 0 Å². The van der Waals surface area contributed by atoms with Crippen molar-refractivity contribution in [1.29, 1.82) is 0 Å². The lowest BCUT2D eigenvalue weighted by Gasteiger charge is -2.19. The molecule has 0 rings (SSSR count). The molecule has 0 N–H and O–H groups in total. The van der Waals surface area contributed by atoms with Crippen molar-refractivity contribution in [3.63, 3.8) is 0 Å². The highest BCUT2D eigenvalue weighted by atomic mass is 16.6. The highest BCUT2D eigenvalue weighted by Crippen LogP contribution is 2.22. The lowest BCUT2D eigenvalue weighted by atomic mass is 10.0. The lowest BCUT2D eigenvalue weighted by molar-refractivity contribution is -0.167. The van der Waals surface area contributed by atoms with Crippen LogP contribution in [0.5, 0.6) is 0 Å². The van der Waals surface area contributed by atoms with Crippen LogP contribution < -0.4 is 0 Å². The van der Waals surface area contributed by atoms with Gasteiger partial charge in [0.25, 0.3) is 0 Å². The molecular weight excluding hydrogens is 973 g/mol. The second-order valence-corrected chi connectivity index (χ2v) is 25.2. The molecule has 78 heavy (non-hydrogen) atoms. The minimum absolute atomic E-state index is 0.0893. The number of rotatable bonds is 62. The SMILES string of the molecule is CCCCCCC(CCCCCCCCCCC(=O)OCC(COC(=O)CCCCCCCCCCC(CCCCCC)OCC(C)C)OC(=O)CCCCCCCCCCC(CCCCCC)OCC(C)C)OCC(C)C. The predicted molar refractivity (Wildman–Crippen MR) is 330 cm³/mol. The zero-order valence-corrected chi connectivity index (χ0v) is 53.6. The third-order valence-corrected chi connectivity index (χ3v) is 15.3. The van der Waals surface area contributed by atoms with Gasteiger partial charge in [-0.3, -0.25) is 14.4 Å². The van der Waals surface area contributed by atoms with E-state index in [9.17, 15) is 14.4 Å². The van der Waals surface area contributed by atoms with Crippen LogP contribution in [0.2, 0.25) is 0 Å². The summed E-state index contributed by atoms with van der Waals surface area (Å²) in [5, 5.41) is 0. The molecule has 0 aliphatic heterocycles. The Balaban J connectivity index is 4.72. The molecular formula is C69H134O9. The molecule has 0 heterocycles. The second-order valence-electron chi connectivity index (χ2n) is 25.2. The number of hydrogen-bond donors (Lipinski definition) is 0. The molecule has 0 saturated heterocycles. The molecule has 0 aromatic carbocycles. The lowest BCUT2D eigenvalue weighted by Crippen LogP contribution is -2.30. The molecule has 3 unspecified atom stereocenters. The Morgan fingerprint density at radius 1 is 0.256 bits per heavy atom. The van der Waals surface area contributed by atoms with Gasteiger partial charge in [-0.2, -0.15) is 0 Å². The monoisotopic (exact) mass is 1110 g/mol. The highest BCUT2D eigenvalue weighted by molar-refractivity contribution is 5.71. The van der Waals surface area contributed by atoms with Crippen molar-refractivity contribution < 1.29 is 42.8 Å². The first-order valence-electron chi connectivity index (χ1n) is 34.2. The summed E-state index contributed by atoms with van der Waals surface area (Å²) in [5.74, 6) is 0.849. The van der Waals surface area contributed by atoms with E-state index >= 15 is 0 Å². The first kappa shape index (κ1) is 76.3. The van der Waals surface area contributed by atoms with Crippen molar-refractivity contribution in [2.75, 3.05) is 33.0 Å². The van der Waals surface area contributed by atoms with Gasteiger partial charge in [0, 0.05) is 39.1 Å².